The summed E-state index contributed by atoms with van der Waals surface area (Å²) in [5.74, 6) is 0.942. The zero-order valence-corrected chi connectivity index (χ0v) is 11.9. The SMILES string of the molecule is COc1ccc(CC(N)C2COc3ccccc32)cc1F. The van der Waals surface area contributed by atoms with Crippen molar-refractivity contribution in [2.75, 3.05) is 13.7 Å². The summed E-state index contributed by atoms with van der Waals surface area (Å²) in [5.41, 5.74) is 8.32. The van der Waals surface area contributed by atoms with E-state index >= 15 is 0 Å². The number of halogens is 1. The minimum absolute atomic E-state index is 0.110. The molecule has 1 aliphatic rings. The molecule has 0 fully saturated rings. The number of methoxy groups -OCH3 is 1. The summed E-state index contributed by atoms with van der Waals surface area (Å²) in [6, 6.07) is 12.8. The van der Waals surface area contributed by atoms with E-state index < -0.39 is 0 Å². The van der Waals surface area contributed by atoms with Crippen LogP contribution in [0.1, 0.15) is 17.0 Å². The second kappa shape index (κ2) is 5.74. The monoisotopic (exact) mass is 287 g/mol. The van der Waals surface area contributed by atoms with Gasteiger partial charge in [-0.25, -0.2) is 4.39 Å². The Morgan fingerprint density at radius 1 is 1.33 bits per heavy atom. The normalized spacial score (nSPS) is 18.0. The molecule has 0 saturated carbocycles. The minimum Gasteiger partial charge on any atom is -0.494 e. The number of nitrogens with two attached hydrogens (primary N) is 1. The molecule has 110 valence electrons. The van der Waals surface area contributed by atoms with E-state index in [9.17, 15) is 4.39 Å². The van der Waals surface area contributed by atoms with Gasteiger partial charge in [-0.05, 0) is 30.2 Å². The minimum atomic E-state index is -0.356. The first kappa shape index (κ1) is 13.9. The number of hydrogen-bond donors (Lipinski definition) is 1. The second-order valence-corrected chi connectivity index (χ2v) is 5.29. The lowest BCUT2D eigenvalue weighted by atomic mass is 9.90. The van der Waals surface area contributed by atoms with E-state index in [1.54, 1.807) is 6.07 Å². The molecule has 2 atom stereocenters. The number of hydrogen-bond acceptors (Lipinski definition) is 3. The standard InChI is InChI=1S/C17H18FNO2/c1-20-17-7-6-11(8-14(17)18)9-15(19)13-10-21-16-5-3-2-4-12(13)16/h2-8,13,15H,9-10,19H2,1H3. The Bertz CT molecular complexity index is 644. The lowest BCUT2D eigenvalue weighted by Crippen LogP contribution is -2.31. The van der Waals surface area contributed by atoms with E-state index in [0.29, 0.717) is 13.0 Å². The van der Waals surface area contributed by atoms with Crippen LogP contribution in [0, 0.1) is 5.82 Å². The van der Waals surface area contributed by atoms with E-state index in [1.807, 2.05) is 30.3 Å². The van der Waals surface area contributed by atoms with Crippen LogP contribution in [0.15, 0.2) is 42.5 Å². The van der Waals surface area contributed by atoms with Gasteiger partial charge < -0.3 is 15.2 Å². The average Bonchev–Trinajstić information content (AvgIpc) is 2.91. The van der Waals surface area contributed by atoms with Crippen LogP contribution in [0.4, 0.5) is 4.39 Å². The zero-order chi connectivity index (χ0) is 14.8. The molecule has 3 nitrogen and oxygen atoms in total. The van der Waals surface area contributed by atoms with Gasteiger partial charge in [0.2, 0.25) is 0 Å². The van der Waals surface area contributed by atoms with Gasteiger partial charge in [0.1, 0.15) is 5.75 Å². The van der Waals surface area contributed by atoms with E-state index in [-0.39, 0.29) is 23.5 Å². The highest BCUT2D eigenvalue weighted by atomic mass is 19.1. The van der Waals surface area contributed by atoms with Crippen LogP contribution >= 0.6 is 0 Å². The number of benzene rings is 2. The van der Waals surface area contributed by atoms with Crippen molar-refractivity contribution >= 4 is 0 Å². The van der Waals surface area contributed by atoms with Crippen molar-refractivity contribution in [3.05, 3.63) is 59.4 Å². The highest BCUT2D eigenvalue weighted by molar-refractivity contribution is 5.41. The molecule has 0 spiro atoms. The smallest absolute Gasteiger partial charge is 0.165 e. The summed E-state index contributed by atoms with van der Waals surface area (Å²) in [5, 5.41) is 0. The van der Waals surface area contributed by atoms with Gasteiger partial charge in [-0.1, -0.05) is 24.3 Å². The molecule has 2 unspecified atom stereocenters. The summed E-state index contributed by atoms with van der Waals surface area (Å²) in [4.78, 5) is 0. The van der Waals surface area contributed by atoms with Gasteiger partial charge in [0.15, 0.2) is 11.6 Å². The molecule has 2 N–H and O–H groups in total. The molecular weight excluding hydrogens is 269 g/mol. The molecule has 0 radical (unpaired) electrons. The predicted octanol–water partition coefficient (Wildman–Crippen LogP) is 2.88. The Morgan fingerprint density at radius 3 is 2.90 bits per heavy atom. The van der Waals surface area contributed by atoms with E-state index in [0.717, 1.165) is 16.9 Å². The Morgan fingerprint density at radius 2 is 2.14 bits per heavy atom. The van der Waals surface area contributed by atoms with Crippen LogP contribution in [0.25, 0.3) is 0 Å². The van der Waals surface area contributed by atoms with Crippen molar-refractivity contribution < 1.29 is 13.9 Å². The number of rotatable bonds is 4. The van der Waals surface area contributed by atoms with Crippen molar-refractivity contribution in [2.24, 2.45) is 5.73 Å². The molecule has 0 aliphatic carbocycles. The Balaban J connectivity index is 1.75. The van der Waals surface area contributed by atoms with E-state index in [4.69, 9.17) is 15.2 Å². The van der Waals surface area contributed by atoms with Gasteiger partial charge >= 0.3 is 0 Å². The van der Waals surface area contributed by atoms with E-state index in [1.165, 1.54) is 13.2 Å². The molecule has 2 aromatic rings. The molecule has 1 heterocycles. The fourth-order valence-electron chi connectivity index (χ4n) is 2.79. The van der Waals surface area contributed by atoms with Crippen LogP contribution in [0.5, 0.6) is 11.5 Å². The van der Waals surface area contributed by atoms with Gasteiger partial charge in [-0.3, -0.25) is 0 Å². The maximum absolute atomic E-state index is 13.7. The van der Waals surface area contributed by atoms with Crippen LogP contribution in [0.3, 0.4) is 0 Å². The van der Waals surface area contributed by atoms with Crippen molar-refractivity contribution in [1.82, 2.24) is 0 Å². The van der Waals surface area contributed by atoms with E-state index in [2.05, 4.69) is 0 Å². The van der Waals surface area contributed by atoms with Gasteiger partial charge in [-0.15, -0.1) is 0 Å². The first-order valence-electron chi connectivity index (χ1n) is 6.98. The highest BCUT2D eigenvalue weighted by Gasteiger charge is 2.29. The Hall–Kier alpha value is -2.07. The molecule has 4 heteroatoms. The second-order valence-electron chi connectivity index (χ2n) is 5.29. The van der Waals surface area contributed by atoms with Crippen LogP contribution in [0.2, 0.25) is 0 Å². The summed E-state index contributed by atoms with van der Waals surface area (Å²) < 4.78 is 24.3. The van der Waals surface area contributed by atoms with Crippen LogP contribution < -0.4 is 15.2 Å². The third kappa shape index (κ3) is 2.72. The summed E-state index contributed by atoms with van der Waals surface area (Å²) >= 11 is 0. The molecule has 21 heavy (non-hydrogen) atoms. The first-order chi connectivity index (χ1) is 10.2. The molecule has 0 amide bonds. The van der Waals surface area contributed by atoms with Gasteiger partial charge in [0.25, 0.3) is 0 Å². The Labute approximate surface area is 123 Å². The van der Waals surface area contributed by atoms with Crippen LogP contribution in [-0.4, -0.2) is 19.8 Å². The van der Waals surface area contributed by atoms with Crippen molar-refractivity contribution in [3.8, 4) is 11.5 Å². The summed E-state index contributed by atoms with van der Waals surface area (Å²) in [6.45, 7) is 0.582. The molecule has 0 aromatic heterocycles. The number of para-hydroxylation sites is 1. The lowest BCUT2D eigenvalue weighted by molar-refractivity contribution is 0.313. The van der Waals surface area contributed by atoms with Crippen molar-refractivity contribution in [1.29, 1.82) is 0 Å². The average molecular weight is 287 g/mol. The molecule has 1 aliphatic heterocycles. The largest absolute Gasteiger partial charge is 0.494 e. The number of ether oxygens (including phenoxy) is 2. The summed E-state index contributed by atoms with van der Waals surface area (Å²) in [7, 11) is 1.45. The van der Waals surface area contributed by atoms with Gasteiger partial charge in [0.05, 0.1) is 13.7 Å². The Kier molecular flexibility index (Phi) is 3.80. The van der Waals surface area contributed by atoms with Gasteiger partial charge in [0, 0.05) is 17.5 Å². The maximum atomic E-state index is 13.7. The zero-order valence-electron chi connectivity index (χ0n) is 11.9. The quantitative estimate of drug-likeness (QED) is 0.940. The molecule has 0 bridgehead atoms. The highest BCUT2D eigenvalue weighted by Crippen LogP contribution is 2.35. The number of fused-ring (bicyclic) bond motifs is 1. The topological polar surface area (TPSA) is 44.5 Å². The van der Waals surface area contributed by atoms with Crippen LogP contribution in [-0.2, 0) is 6.42 Å². The molecule has 3 rings (SSSR count). The third-order valence-electron chi connectivity index (χ3n) is 3.94. The lowest BCUT2D eigenvalue weighted by Gasteiger charge is -2.18. The fraction of sp³-hybridized carbons (Fsp3) is 0.294. The van der Waals surface area contributed by atoms with Crippen molar-refractivity contribution in [3.63, 3.8) is 0 Å². The predicted molar refractivity (Wildman–Crippen MR) is 79.3 cm³/mol. The summed E-state index contributed by atoms with van der Waals surface area (Å²) in [6.07, 6.45) is 0.600. The van der Waals surface area contributed by atoms with Gasteiger partial charge in [-0.2, -0.15) is 0 Å². The third-order valence-corrected chi connectivity index (χ3v) is 3.94. The molecule has 2 aromatic carbocycles. The van der Waals surface area contributed by atoms with Crippen molar-refractivity contribution in [2.45, 2.75) is 18.4 Å². The maximum Gasteiger partial charge on any atom is 0.165 e. The fourth-order valence-corrected chi connectivity index (χ4v) is 2.79. The molecule has 0 saturated heterocycles. The first-order valence-corrected chi connectivity index (χ1v) is 6.98. The molecular formula is C17H18FNO2.